The first-order valence-corrected chi connectivity index (χ1v) is 4.93. The van der Waals surface area contributed by atoms with Crippen LogP contribution < -0.4 is 11.1 Å². The Kier molecular flexibility index (Phi) is 4.75. The van der Waals surface area contributed by atoms with Crippen LogP contribution >= 0.6 is 12.4 Å². The number of benzene rings is 1. The maximum absolute atomic E-state index is 11.6. The molecule has 0 saturated heterocycles. The van der Waals surface area contributed by atoms with E-state index < -0.39 is 0 Å². The van der Waals surface area contributed by atoms with E-state index in [4.69, 9.17) is 10.2 Å². The Morgan fingerprint density at radius 1 is 1.29 bits per heavy atom. The van der Waals surface area contributed by atoms with Crippen LogP contribution in [0.5, 0.6) is 0 Å². The van der Waals surface area contributed by atoms with Crippen molar-refractivity contribution in [2.75, 3.05) is 5.32 Å². The van der Waals surface area contributed by atoms with Crippen molar-refractivity contribution in [3.8, 4) is 0 Å². The molecule has 5 heteroatoms. The molecular weight excluding hydrogens is 240 g/mol. The van der Waals surface area contributed by atoms with Crippen LogP contribution in [0.3, 0.4) is 0 Å². The van der Waals surface area contributed by atoms with E-state index in [0.717, 1.165) is 5.56 Å². The quantitative estimate of drug-likeness (QED) is 0.881. The summed E-state index contributed by atoms with van der Waals surface area (Å²) in [4.78, 5) is 11.6. The molecule has 0 aliphatic heterocycles. The summed E-state index contributed by atoms with van der Waals surface area (Å²) >= 11 is 0. The third-order valence-corrected chi connectivity index (χ3v) is 2.17. The van der Waals surface area contributed by atoms with Crippen LogP contribution in [0.4, 0.5) is 5.69 Å². The molecule has 1 heterocycles. The molecule has 0 spiro atoms. The lowest BCUT2D eigenvalue weighted by atomic mass is 10.2. The lowest BCUT2D eigenvalue weighted by Crippen LogP contribution is -2.11. The van der Waals surface area contributed by atoms with Gasteiger partial charge in [-0.3, -0.25) is 4.79 Å². The maximum atomic E-state index is 11.6. The Morgan fingerprint density at radius 3 is 2.76 bits per heavy atom. The molecule has 1 amide bonds. The SMILES string of the molecule is Cl.NCc1cccc(NC(=O)c2ccco2)c1. The molecule has 0 fully saturated rings. The van der Waals surface area contributed by atoms with Crippen molar-refractivity contribution in [1.29, 1.82) is 0 Å². The minimum atomic E-state index is -0.265. The first-order valence-electron chi connectivity index (χ1n) is 4.93. The molecule has 0 bridgehead atoms. The van der Waals surface area contributed by atoms with Gasteiger partial charge in [0.05, 0.1) is 6.26 Å². The van der Waals surface area contributed by atoms with E-state index in [2.05, 4.69) is 5.32 Å². The minimum Gasteiger partial charge on any atom is -0.459 e. The fourth-order valence-electron chi connectivity index (χ4n) is 1.38. The Bertz CT molecular complexity index is 483. The van der Waals surface area contributed by atoms with Crippen LogP contribution in [-0.2, 0) is 6.54 Å². The molecular formula is C12H13ClN2O2. The van der Waals surface area contributed by atoms with E-state index in [1.807, 2.05) is 18.2 Å². The molecule has 2 aromatic rings. The van der Waals surface area contributed by atoms with Crippen molar-refractivity contribution >= 4 is 24.0 Å². The predicted molar refractivity (Wildman–Crippen MR) is 68.2 cm³/mol. The lowest BCUT2D eigenvalue weighted by Gasteiger charge is -2.04. The Morgan fingerprint density at radius 2 is 2.12 bits per heavy atom. The molecule has 4 nitrogen and oxygen atoms in total. The number of carbonyl (C=O) groups is 1. The van der Waals surface area contributed by atoms with E-state index in [1.165, 1.54) is 6.26 Å². The van der Waals surface area contributed by atoms with Gasteiger partial charge in [0.25, 0.3) is 5.91 Å². The molecule has 90 valence electrons. The van der Waals surface area contributed by atoms with Crippen molar-refractivity contribution in [1.82, 2.24) is 0 Å². The van der Waals surface area contributed by atoms with Gasteiger partial charge in [0.1, 0.15) is 0 Å². The predicted octanol–water partition coefficient (Wildman–Crippen LogP) is 2.41. The molecule has 0 unspecified atom stereocenters. The fourth-order valence-corrected chi connectivity index (χ4v) is 1.38. The van der Waals surface area contributed by atoms with Gasteiger partial charge in [0, 0.05) is 12.2 Å². The number of carbonyl (C=O) groups excluding carboxylic acids is 1. The first kappa shape index (κ1) is 13.3. The zero-order valence-electron chi connectivity index (χ0n) is 9.05. The van der Waals surface area contributed by atoms with E-state index in [1.54, 1.807) is 18.2 Å². The van der Waals surface area contributed by atoms with Crippen molar-refractivity contribution in [3.05, 3.63) is 54.0 Å². The molecule has 3 N–H and O–H groups in total. The topological polar surface area (TPSA) is 68.3 Å². The lowest BCUT2D eigenvalue weighted by molar-refractivity contribution is 0.0996. The summed E-state index contributed by atoms with van der Waals surface area (Å²) in [7, 11) is 0. The minimum absolute atomic E-state index is 0. The number of amides is 1. The maximum Gasteiger partial charge on any atom is 0.291 e. The van der Waals surface area contributed by atoms with E-state index in [-0.39, 0.29) is 24.1 Å². The van der Waals surface area contributed by atoms with Gasteiger partial charge >= 0.3 is 0 Å². The summed E-state index contributed by atoms with van der Waals surface area (Å²) < 4.78 is 4.99. The summed E-state index contributed by atoms with van der Waals surface area (Å²) in [5.74, 6) is 0.0253. The third kappa shape index (κ3) is 3.34. The highest BCUT2D eigenvalue weighted by Gasteiger charge is 2.08. The standard InChI is InChI=1S/C12H12N2O2.ClH/c13-8-9-3-1-4-10(7-9)14-12(15)11-5-2-6-16-11;/h1-7H,8,13H2,(H,14,15);1H. The monoisotopic (exact) mass is 252 g/mol. The average Bonchev–Trinajstić information content (AvgIpc) is 2.83. The van der Waals surface area contributed by atoms with Crippen LogP contribution in [0.15, 0.2) is 47.1 Å². The fraction of sp³-hybridized carbons (Fsp3) is 0.0833. The van der Waals surface area contributed by atoms with Gasteiger partial charge in [-0.15, -0.1) is 12.4 Å². The van der Waals surface area contributed by atoms with Gasteiger partial charge < -0.3 is 15.5 Å². The number of halogens is 1. The Balaban J connectivity index is 0.00000144. The second-order valence-electron chi connectivity index (χ2n) is 3.34. The zero-order chi connectivity index (χ0) is 11.4. The molecule has 0 aliphatic carbocycles. The summed E-state index contributed by atoms with van der Waals surface area (Å²) in [6, 6.07) is 10.7. The number of nitrogens with two attached hydrogens (primary N) is 1. The number of hydrogen-bond acceptors (Lipinski definition) is 3. The van der Waals surface area contributed by atoms with Crippen LogP contribution in [0.1, 0.15) is 16.1 Å². The Hall–Kier alpha value is -1.78. The second kappa shape index (κ2) is 6.08. The Labute approximate surface area is 105 Å². The largest absolute Gasteiger partial charge is 0.459 e. The number of rotatable bonds is 3. The van der Waals surface area contributed by atoms with Crippen LogP contribution in [0, 0.1) is 0 Å². The van der Waals surface area contributed by atoms with E-state index in [0.29, 0.717) is 12.2 Å². The van der Waals surface area contributed by atoms with Crippen molar-refractivity contribution in [2.45, 2.75) is 6.54 Å². The summed E-state index contributed by atoms with van der Waals surface area (Å²) in [5.41, 5.74) is 7.19. The summed E-state index contributed by atoms with van der Waals surface area (Å²) in [6.45, 7) is 0.449. The molecule has 0 atom stereocenters. The van der Waals surface area contributed by atoms with Crippen LogP contribution in [-0.4, -0.2) is 5.91 Å². The zero-order valence-corrected chi connectivity index (χ0v) is 9.87. The van der Waals surface area contributed by atoms with Gasteiger partial charge in [-0.25, -0.2) is 0 Å². The van der Waals surface area contributed by atoms with Gasteiger partial charge in [-0.1, -0.05) is 12.1 Å². The third-order valence-electron chi connectivity index (χ3n) is 2.17. The molecule has 0 radical (unpaired) electrons. The molecule has 17 heavy (non-hydrogen) atoms. The number of furan rings is 1. The number of hydrogen-bond donors (Lipinski definition) is 2. The van der Waals surface area contributed by atoms with Gasteiger partial charge in [0.2, 0.25) is 0 Å². The highest BCUT2D eigenvalue weighted by atomic mass is 35.5. The van der Waals surface area contributed by atoms with Crippen molar-refractivity contribution in [2.24, 2.45) is 5.73 Å². The average molecular weight is 253 g/mol. The van der Waals surface area contributed by atoms with Gasteiger partial charge in [0.15, 0.2) is 5.76 Å². The second-order valence-corrected chi connectivity index (χ2v) is 3.34. The smallest absolute Gasteiger partial charge is 0.291 e. The number of nitrogens with one attached hydrogen (secondary N) is 1. The molecule has 1 aromatic heterocycles. The van der Waals surface area contributed by atoms with Crippen molar-refractivity contribution < 1.29 is 9.21 Å². The van der Waals surface area contributed by atoms with Gasteiger partial charge in [-0.2, -0.15) is 0 Å². The molecule has 1 aromatic carbocycles. The highest BCUT2D eigenvalue weighted by Crippen LogP contribution is 2.12. The van der Waals surface area contributed by atoms with Crippen molar-refractivity contribution in [3.63, 3.8) is 0 Å². The first-order chi connectivity index (χ1) is 7.79. The number of anilines is 1. The molecule has 0 saturated carbocycles. The van der Waals surface area contributed by atoms with E-state index in [9.17, 15) is 4.79 Å². The normalized spacial score (nSPS) is 9.47. The highest BCUT2D eigenvalue weighted by molar-refractivity contribution is 6.02. The summed E-state index contributed by atoms with van der Waals surface area (Å²) in [6.07, 6.45) is 1.46. The van der Waals surface area contributed by atoms with Crippen LogP contribution in [0.2, 0.25) is 0 Å². The van der Waals surface area contributed by atoms with E-state index >= 15 is 0 Å². The molecule has 2 rings (SSSR count). The summed E-state index contributed by atoms with van der Waals surface area (Å²) in [5, 5.41) is 2.73. The van der Waals surface area contributed by atoms with Crippen LogP contribution in [0.25, 0.3) is 0 Å². The molecule has 0 aliphatic rings. The van der Waals surface area contributed by atoms with Gasteiger partial charge in [-0.05, 0) is 29.8 Å².